The first-order valence-corrected chi connectivity index (χ1v) is 15.1. The number of carbonyl (C=O) groups is 3. The first-order valence-electron chi connectivity index (χ1n) is 13.7. The molecular weight excluding hydrogens is 614 g/mol. The molecule has 0 atom stereocenters. The molecule has 0 spiro atoms. The van der Waals surface area contributed by atoms with Crippen molar-refractivity contribution in [2.45, 2.75) is 11.8 Å². The number of rotatable bonds is 12. The van der Waals surface area contributed by atoms with Crippen molar-refractivity contribution in [2.75, 3.05) is 37.7 Å². The number of amides is 3. The summed E-state index contributed by atoms with van der Waals surface area (Å²) in [6.07, 6.45) is 1.50. The zero-order chi connectivity index (χ0) is 32.3. The van der Waals surface area contributed by atoms with Crippen LogP contribution in [0.5, 0.6) is 17.2 Å². The number of benzene rings is 4. The molecule has 3 N–H and O–H groups in total. The summed E-state index contributed by atoms with van der Waals surface area (Å²) in [4.78, 5) is 40.0. The molecule has 0 saturated heterocycles. The van der Waals surface area contributed by atoms with E-state index in [1.807, 2.05) is 19.1 Å². The van der Waals surface area contributed by atoms with Crippen molar-refractivity contribution < 1.29 is 28.6 Å². The molecule has 45 heavy (non-hydrogen) atoms. The number of methoxy groups -OCH3 is 3. The number of ether oxygens (including phenoxy) is 3. The Morgan fingerprint density at radius 3 is 2.16 bits per heavy atom. The third-order valence-electron chi connectivity index (χ3n) is 6.48. The molecule has 3 amide bonds. The second kappa shape index (κ2) is 15.7. The van der Waals surface area contributed by atoms with Gasteiger partial charge in [-0.25, -0.2) is 0 Å². The summed E-state index contributed by atoms with van der Waals surface area (Å²) in [5.41, 5.74) is 2.81. The number of thioether (sulfide) groups is 1. The second-order valence-corrected chi connectivity index (χ2v) is 11.1. The smallest absolute Gasteiger partial charge is 0.272 e. The minimum Gasteiger partial charge on any atom is -0.496 e. The normalized spacial score (nSPS) is 10.9. The van der Waals surface area contributed by atoms with Gasteiger partial charge >= 0.3 is 0 Å². The van der Waals surface area contributed by atoms with E-state index in [2.05, 4.69) is 16.0 Å². The molecular formula is C34H32ClN3O6S. The minimum atomic E-state index is -0.577. The van der Waals surface area contributed by atoms with Crippen molar-refractivity contribution in [3.63, 3.8) is 0 Å². The van der Waals surface area contributed by atoms with Crippen LogP contribution < -0.4 is 30.2 Å². The Morgan fingerprint density at radius 1 is 0.778 bits per heavy atom. The van der Waals surface area contributed by atoms with E-state index < -0.39 is 11.8 Å². The van der Waals surface area contributed by atoms with Gasteiger partial charge in [0.2, 0.25) is 5.91 Å². The molecule has 232 valence electrons. The zero-order valence-corrected chi connectivity index (χ0v) is 26.7. The van der Waals surface area contributed by atoms with Gasteiger partial charge < -0.3 is 30.2 Å². The highest BCUT2D eigenvalue weighted by Gasteiger charge is 2.18. The van der Waals surface area contributed by atoms with Crippen LogP contribution in [-0.2, 0) is 9.59 Å². The first-order chi connectivity index (χ1) is 21.7. The fourth-order valence-corrected chi connectivity index (χ4v) is 5.08. The minimum absolute atomic E-state index is 0.0384. The highest BCUT2D eigenvalue weighted by atomic mass is 35.5. The molecule has 4 aromatic carbocycles. The molecule has 0 fully saturated rings. The number of aryl methyl sites for hydroxylation is 1. The van der Waals surface area contributed by atoms with E-state index in [0.29, 0.717) is 44.8 Å². The maximum Gasteiger partial charge on any atom is 0.272 e. The fourth-order valence-electron chi connectivity index (χ4n) is 4.14. The third-order valence-corrected chi connectivity index (χ3v) is 7.88. The monoisotopic (exact) mass is 645 g/mol. The molecule has 0 bridgehead atoms. The highest BCUT2D eigenvalue weighted by Crippen LogP contribution is 2.35. The molecule has 11 heteroatoms. The molecule has 0 aliphatic heterocycles. The largest absolute Gasteiger partial charge is 0.496 e. The van der Waals surface area contributed by atoms with E-state index in [-0.39, 0.29) is 17.4 Å². The Kier molecular flexibility index (Phi) is 11.5. The number of carbonyl (C=O) groups excluding carboxylic acids is 3. The van der Waals surface area contributed by atoms with Crippen molar-refractivity contribution in [3.8, 4) is 17.2 Å². The highest BCUT2D eigenvalue weighted by molar-refractivity contribution is 8.00. The van der Waals surface area contributed by atoms with Gasteiger partial charge in [-0.2, -0.15) is 0 Å². The van der Waals surface area contributed by atoms with E-state index >= 15 is 0 Å². The molecule has 0 aliphatic carbocycles. The SMILES string of the molecule is COc1cc(OC)c(OC)cc1/C=C(/NC(=O)c1ccccc1)C(=O)Nc1cccc(SCC(=O)Nc2ccc(C)c(Cl)c2)c1. The summed E-state index contributed by atoms with van der Waals surface area (Å²) in [7, 11) is 4.49. The summed E-state index contributed by atoms with van der Waals surface area (Å²) >= 11 is 7.47. The molecule has 0 aromatic heterocycles. The molecule has 9 nitrogen and oxygen atoms in total. The third kappa shape index (κ3) is 9.04. The van der Waals surface area contributed by atoms with Crippen LogP contribution in [0, 0.1) is 6.92 Å². The van der Waals surface area contributed by atoms with Crippen molar-refractivity contribution in [3.05, 3.63) is 112 Å². The fraction of sp³-hybridized carbons (Fsp3) is 0.147. The van der Waals surface area contributed by atoms with Gasteiger partial charge in [0.1, 0.15) is 11.4 Å². The predicted octanol–water partition coefficient (Wildman–Crippen LogP) is 6.81. The Labute approximate surface area is 270 Å². The number of hydrogen-bond acceptors (Lipinski definition) is 7. The molecule has 0 aliphatic rings. The van der Waals surface area contributed by atoms with Gasteiger partial charge in [0, 0.05) is 38.5 Å². The summed E-state index contributed by atoms with van der Waals surface area (Å²) < 4.78 is 16.3. The summed E-state index contributed by atoms with van der Waals surface area (Å²) in [6.45, 7) is 1.89. The van der Waals surface area contributed by atoms with Crippen LogP contribution >= 0.6 is 23.4 Å². The molecule has 4 aromatic rings. The summed E-state index contributed by atoms with van der Waals surface area (Å²) in [5.74, 6) is 0.146. The number of halogens is 1. The van der Waals surface area contributed by atoms with Gasteiger partial charge in [-0.1, -0.05) is 41.9 Å². The summed E-state index contributed by atoms with van der Waals surface area (Å²) in [6, 6.07) is 24.2. The van der Waals surface area contributed by atoms with Crippen molar-refractivity contribution in [2.24, 2.45) is 0 Å². The second-order valence-electron chi connectivity index (χ2n) is 9.61. The maximum absolute atomic E-state index is 13.6. The van der Waals surface area contributed by atoms with Crippen LogP contribution in [0.4, 0.5) is 11.4 Å². The van der Waals surface area contributed by atoms with E-state index in [1.54, 1.807) is 72.8 Å². The van der Waals surface area contributed by atoms with E-state index in [1.165, 1.54) is 39.2 Å². The van der Waals surface area contributed by atoms with E-state index in [9.17, 15) is 14.4 Å². The van der Waals surface area contributed by atoms with Crippen LogP contribution in [0.3, 0.4) is 0 Å². The Morgan fingerprint density at radius 2 is 1.47 bits per heavy atom. The lowest BCUT2D eigenvalue weighted by molar-refractivity contribution is -0.114. The molecule has 0 radical (unpaired) electrons. The summed E-state index contributed by atoms with van der Waals surface area (Å²) in [5, 5.41) is 8.96. The van der Waals surface area contributed by atoms with Crippen LogP contribution in [0.15, 0.2) is 95.5 Å². The molecule has 0 saturated carbocycles. The predicted molar refractivity (Wildman–Crippen MR) is 179 cm³/mol. The van der Waals surface area contributed by atoms with Gasteiger partial charge in [-0.3, -0.25) is 14.4 Å². The number of hydrogen-bond donors (Lipinski definition) is 3. The molecule has 0 heterocycles. The lowest BCUT2D eigenvalue weighted by Gasteiger charge is -2.15. The average molecular weight is 646 g/mol. The first kappa shape index (κ1) is 33.0. The van der Waals surface area contributed by atoms with Crippen molar-refractivity contribution in [1.29, 1.82) is 0 Å². The standard InChI is InChI=1S/C34H32ClN3O6S/c1-21-13-14-25(18-27(21)35)36-32(39)20-45-26-12-8-11-24(17-26)37-34(41)28(38-33(40)22-9-6-5-7-10-22)15-23-16-30(43-3)31(44-4)19-29(23)42-2/h5-19H,20H2,1-4H3,(H,36,39)(H,37,41)(H,38,40)/b28-15+. The molecule has 4 rings (SSSR count). The van der Waals surface area contributed by atoms with Gasteiger partial charge in [0.05, 0.1) is 27.1 Å². The Hall–Kier alpha value is -4.93. The maximum atomic E-state index is 13.6. The van der Waals surface area contributed by atoms with Crippen LogP contribution in [-0.4, -0.2) is 44.8 Å². The number of anilines is 2. The average Bonchev–Trinajstić information content (AvgIpc) is 3.05. The van der Waals surface area contributed by atoms with Crippen molar-refractivity contribution in [1.82, 2.24) is 5.32 Å². The topological polar surface area (TPSA) is 115 Å². The number of nitrogens with one attached hydrogen (secondary N) is 3. The lowest BCUT2D eigenvalue weighted by atomic mass is 10.1. The van der Waals surface area contributed by atoms with Gasteiger partial charge in [0.15, 0.2) is 11.5 Å². The zero-order valence-electron chi connectivity index (χ0n) is 25.1. The van der Waals surface area contributed by atoms with Crippen LogP contribution in [0.25, 0.3) is 6.08 Å². The Bertz CT molecular complexity index is 1730. The van der Waals surface area contributed by atoms with Crippen molar-refractivity contribution >= 4 is 58.5 Å². The van der Waals surface area contributed by atoms with E-state index in [0.717, 1.165) is 10.5 Å². The van der Waals surface area contributed by atoms with E-state index in [4.69, 9.17) is 25.8 Å². The quantitative estimate of drug-likeness (QED) is 0.114. The Balaban J connectivity index is 1.54. The van der Waals surface area contributed by atoms with Crippen LogP contribution in [0.1, 0.15) is 21.5 Å². The lowest BCUT2D eigenvalue weighted by Crippen LogP contribution is -2.30. The molecule has 0 unspecified atom stereocenters. The van der Waals surface area contributed by atoms with Gasteiger partial charge in [-0.15, -0.1) is 11.8 Å². The van der Waals surface area contributed by atoms with Crippen LogP contribution in [0.2, 0.25) is 5.02 Å². The van der Waals surface area contributed by atoms with Gasteiger partial charge in [-0.05, 0) is 67.1 Å². The van der Waals surface area contributed by atoms with Gasteiger partial charge in [0.25, 0.3) is 11.8 Å².